The molecule has 0 aliphatic carbocycles. The van der Waals surface area contributed by atoms with E-state index in [9.17, 15) is 9.90 Å². The van der Waals surface area contributed by atoms with Crippen LogP contribution in [0, 0.1) is 5.92 Å². The van der Waals surface area contributed by atoms with Gasteiger partial charge in [0, 0.05) is 17.3 Å². The van der Waals surface area contributed by atoms with E-state index >= 15 is 0 Å². The molecule has 1 saturated heterocycles. The number of thiophene rings is 1. The average molecular weight is 318 g/mol. The van der Waals surface area contributed by atoms with Crippen molar-refractivity contribution in [3.05, 3.63) is 21.3 Å². The highest BCUT2D eigenvalue weighted by Gasteiger charge is 2.36. The molecule has 1 N–H and O–H groups in total. The molecule has 2 rings (SSSR count). The summed E-state index contributed by atoms with van der Waals surface area (Å²) < 4.78 is 6.08. The molecule has 1 amide bonds. The van der Waals surface area contributed by atoms with Crippen LogP contribution in [-0.2, 0) is 11.2 Å². The second kappa shape index (κ2) is 5.92. The Morgan fingerprint density at radius 2 is 2.20 bits per heavy atom. The van der Waals surface area contributed by atoms with E-state index in [1.165, 1.54) is 11.3 Å². The van der Waals surface area contributed by atoms with Gasteiger partial charge in [-0.1, -0.05) is 11.6 Å². The van der Waals surface area contributed by atoms with Gasteiger partial charge in [0.2, 0.25) is 0 Å². The van der Waals surface area contributed by atoms with Gasteiger partial charge in [-0.05, 0) is 39.3 Å². The fourth-order valence-electron chi connectivity index (χ4n) is 2.25. The second-order valence-corrected chi connectivity index (χ2v) is 7.92. The van der Waals surface area contributed by atoms with Crippen molar-refractivity contribution < 1.29 is 14.6 Å². The molecule has 0 bridgehead atoms. The summed E-state index contributed by atoms with van der Waals surface area (Å²) in [6.45, 7) is 6.36. The van der Waals surface area contributed by atoms with Gasteiger partial charge in [0.25, 0.3) is 0 Å². The number of halogens is 1. The normalized spacial score (nSPS) is 23.1. The van der Waals surface area contributed by atoms with E-state index in [0.717, 1.165) is 15.6 Å². The molecule has 0 spiro atoms. The van der Waals surface area contributed by atoms with E-state index in [-0.39, 0.29) is 12.0 Å². The first-order chi connectivity index (χ1) is 9.24. The van der Waals surface area contributed by atoms with E-state index < -0.39 is 11.7 Å². The summed E-state index contributed by atoms with van der Waals surface area (Å²) >= 11 is 7.42. The zero-order chi connectivity index (χ0) is 14.9. The second-order valence-electron chi connectivity index (χ2n) is 6.12. The molecule has 0 radical (unpaired) electrons. The Bertz CT molecular complexity index is 483. The smallest absolute Gasteiger partial charge is 0.410 e. The first-order valence-electron chi connectivity index (χ1n) is 6.65. The largest absolute Gasteiger partial charge is 0.444 e. The lowest BCUT2D eigenvalue weighted by Gasteiger charge is -2.24. The molecule has 0 aromatic carbocycles. The monoisotopic (exact) mass is 317 g/mol. The van der Waals surface area contributed by atoms with Crippen LogP contribution in [0.3, 0.4) is 0 Å². The number of carbonyl (C=O) groups is 1. The third-order valence-electron chi connectivity index (χ3n) is 3.15. The summed E-state index contributed by atoms with van der Waals surface area (Å²) in [7, 11) is 0. The summed E-state index contributed by atoms with van der Waals surface area (Å²) in [5.74, 6) is 0.0391. The minimum absolute atomic E-state index is 0.0391. The van der Waals surface area contributed by atoms with Crippen molar-refractivity contribution in [2.24, 2.45) is 5.92 Å². The average Bonchev–Trinajstić information content (AvgIpc) is 2.85. The molecule has 2 atom stereocenters. The van der Waals surface area contributed by atoms with Crippen molar-refractivity contribution in [3.63, 3.8) is 0 Å². The Balaban J connectivity index is 1.93. The summed E-state index contributed by atoms with van der Waals surface area (Å²) in [6.07, 6.45) is -0.135. The Morgan fingerprint density at radius 1 is 1.50 bits per heavy atom. The zero-order valence-corrected chi connectivity index (χ0v) is 13.5. The van der Waals surface area contributed by atoms with Gasteiger partial charge in [-0.2, -0.15) is 0 Å². The molecular formula is C14H20ClNO3S. The molecular weight excluding hydrogens is 298 g/mol. The first-order valence-corrected chi connectivity index (χ1v) is 7.84. The lowest BCUT2D eigenvalue weighted by Crippen LogP contribution is -2.35. The molecule has 112 valence electrons. The maximum absolute atomic E-state index is 12.0. The number of aliphatic hydroxyl groups is 1. The van der Waals surface area contributed by atoms with Crippen molar-refractivity contribution in [2.45, 2.75) is 38.9 Å². The standard InChI is InChI=1S/C14H20ClNO3S/c1-14(2,3)19-13(18)16-7-9(11(17)8-16)6-10-4-5-12(15)20-10/h4-5,9,11,17H,6-8H2,1-3H3. The van der Waals surface area contributed by atoms with E-state index in [1.54, 1.807) is 4.90 Å². The minimum Gasteiger partial charge on any atom is -0.444 e. The topological polar surface area (TPSA) is 49.8 Å². The van der Waals surface area contributed by atoms with Crippen molar-refractivity contribution in [3.8, 4) is 0 Å². The molecule has 1 aromatic heterocycles. The van der Waals surface area contributed by atoms with Gasteiger partial charge in [-0.3, -0.25) is 0 Å². The van der Waals surface area contributed by atoms with E-state index in [4.69, 9.17) is 16.3 Å². The molecule has 20 heavy (non-hydrogen) atoms. The number of carbonyl (C=O) groups excluding carboxylic acids is 1. The number of amides is 1. The van der Waals surface area contributed by atoms with Crippen molar-refractivity contribution in [2.75, 3.05) is 13.1 Å². The fraction of sp³-hybridized carbons (Fsp3) is 0.643. The van der Waals surface area contributed by atoms with Crippen LogP contribution in [0.2, 0.25) is 4.34 Å². The third kappa shape index (κ3) is 4.11. The highest BCUT2D eigenvalue weighted by atomic mass is 35.5. The van der Waals surface area contributed by atoms with Gasteiger partial charge in [-0.15, -0.1) is 11.3 Å². The van der Waals surface area contributed by atoms with Gasteiger partial charge in [0.15, 0.2) is 0 Å². The van der Waals surface area contributed by atoms with Gasteiger partial charge < -0.3 is 14.7 Å². The van der Waals surface area contributed by atoms with Gasteiger partial charge >= 0.3 is 6.09 Å². The number of ether oxygens (including phenoxy) is 1. The van der Waals surface area contributed by atoms with Crippen molar-refractivity contribution in [1.29, 1.82) is 0 Å². The van der Waals surface area contributed by atoms with Crippen LogP contribution in [-0.4, -0.2) is 40.9 Å². The quantitative estimate of drug-likeness (QED) is 0.911. The lowest BCUT2D eigenvalue weighted by atomic mass is 10.0. The Morgan fingerprint density at radius 3 is 2.75 bits per heavy atom. The van der Waals surface area contributed by atoms with Gasteiger partial charge in [-0.25, -0.2) is 4.79 Å². The highest BCUT2D eigenvalue weighted by Crippen LogP contribution is 2.28. The Hall–Kier alpha value is -0.780. The summed E-state index contributed by atoms with van der Waals surface area (Å²) in [6, 6.07) is 3.82. The number of aliphatic hydroxyl groups excluding tert-OH is 1. The molecule has 1 aliphatic heterocycles. The number of likely N-dealkylation sites (tertiary alicyclic amines) is 1. The molecule has 0 saturated carbocycles. The first kappa shape index (κ1) is 15.6. The molecule has 4 nitrogen and oxygen atoms in total. The minimum atomic E-state index is -0.513. The SMILES string of the molecule is CC(C)(C)OC(=O)N1CC(O)C(Cc2ccc(Cl)s2)C1. The van der Waals surface area contributed by atoms with E-state index in [2.05, 4.69) is 0 Å². The van der Waals surface area contributed by atoms with Crippen LogP contribution in [0.4, 0.5) is 4.79 Å². The number of β-amino-alcohol motifs (C(OH)–C–C–N with tert-alkyl or cyclic N) is 1. The molecule has 2 unspecified atom stereocenters. The summed E-state index contributed by atoms with van der Waals surface area (Å²) in [4.78, 5) is 14.7. The van der Waals surface area contributed by atoms with Crippen LogP contribution >= 0.6 is 22.9 Å². The number of nitrogens with zero attached hydrogens (tertiary/aromatic N) is 1. The van der Waals surface area contributed by atoms with Crippen LogP contribution in [0.5, 0.6) is 0 Å². The predicted octanol–water partition coefficient (Wildman–Crippen LogP) is 3.17. The maximum atomic E-state index is 12.0. The lowest BCUT2D eigenvalue weighted by molar-refractivity contribution is 0.0270. The van der Waals surface area contributed by atoms with E-state index in [1.807, 2.05) is 32.9 Å². The number of hydrogen-bond donors (Lipinski definition) is 1. The Labute approximate surface area is 128 Å². The molecule has 1 aliphatic rings. The van der Waals surface area contributed by atoms with Crippen molar-refractivity contribution in [1.82, 2.24) is 4.90 Å². The fourth-order valence-corrected chi connectivity index (χ4v) is 3.43. The van der Waals surface area contributed by atoms with Crippen LogP contribution in [0.15, 0.2) is 12.1 Å². The van der Waals surface area contributed by atoms with E-state index in [0.29, 0.717) is 13.1 Å². The number of rotatable bonds is 2. The summed E-state index contributed by atoms with van der Waals surface area (Å²) in [5.41, 5.74) is -0.513. The van der Waals surface area contributed by atoms with Crippen LogP contribution in [0.25, 0.3) is 0 Å². The predicted molar refractivity (Wildman–Crippen MR) is 80.3 cm³/mol. The van der Waals surface area contributed by atoms with Crippen molar-refractivity contribution >= 4 is 29.0 Å². The van der Waals surface area contributed by atoms with Crippen LogP contribution < -0.4 is 0 Å². The third-order valence-corrected chi connectivity index (χ3v) is 4.40. The molecule has 6 heteroatoms. The van der Waals surface area contributed by atoms with Gasteiger partial charge in [0.1, 0.15) is 5.60 Å². The zero-order valence-electron chi connectivity index (χ0n) is 11.9. The van der Waals surface area contributed by atoms with Crippen LogP contribution in [0.1, 0.15) is 25.6 Å². The number of hydrogen-bond acceptors (Lipinski definition) is 4. The maximum Gasteiger partial charge on any atom is 0.410 e. The molecule has 1 aromatic rings. The highest BCUT2D eigenvalue weighted by molar-refractivity contribution is 7.16. The van der Waals surface area contributed by atoms with Gasteiger partial charge in [0.05, 0.1) is 17.0 Å². The summed E-state index contributed by atoms with van der Waals surface area (Å²) in [5, 5.41) is 10.1. The Kier molecular flexibility index (Phi) is 4.62. The molecule has 1 fully saturated rings. The molecule has 2 heterocycles.